The number of methoxy groups -OCH3 is 1. The maximum Gasteiger partial charge on any atom is 0.247 e. The number of nitrogens with one attached hydrogen (secondary N) is 1. The van der Waals surface area contributed by atoms with Crippen molar-refractivity contribution in [2.24, 2.45) is 0 Å². The third-order valence-electron chi connectivity index (χ3n) is 4.07. The van der Waals surface area contributed by atoms with Gasteiger partial charge in [0.05, 0.1) is 25.7 Å². The van der Waals surface area contributed by atoms with Crippen LogP contribution in [0.1, 0.15) is 19.4 Å². The Kier molecular flexibility index (Phi) is 6.90. The van der Waals surface area contributed by atoms with E-state index in [0.717, 1.165) is 16.1 Å². The molecule has 0 heterocycles. The van der Waals surface area contributed by atoms with Gasteiger partial charge in [0.15, 0.2) is 0 Å². The lowest BCUT2D eigenvalue weighted by atomic mass is 10.2. The highest BCUT2D eigenvalue weighted by Crippen LogP contribution is 2.33. The van der Waals surface area contributed by atoms with Crippen LogP contribution in [-0.4, -0.2) is 40.3 Å². The van der Waals surface area contributed by atoms with Crippen molar-refractivity contribution in [2.45, 2.75) is 26.8 Å². The quantitative estimate of drug-likeness (QED) is 0.728. The smallest absolute Gasteiger partial charge is 0.247 e. The van der Waals surface area contributed by atoms with E-state index in [1.54, 1.807) is 36.4 Å². The van der Waals surface area contributed by atoms with Crippen molar-refractivity contribution in [1.29, 1.82) is 0 Å². The van der Waals surface area contributed by atoms with Gasteiger partial charge in [-0.15, -0.1) is 0 Å². The normalized spacial score (nSPS) is 12.2. The molecule has 8 heteroatoms. The SMILES string of the molecule is CCOc1cccc(NC(=O)[C@H](C)N(c2cc(C)ccc2OC)S(C)(=O)=O)c1. The molecule has 0 radical (unpaired) electrons. The first-order chi connectivity index (χ1) is 13.2. The number of amides is 1. The Morgan fingerprint density at radius 3 is 2.54 bits per heavy atom. The Morgan fingerprint density at radius 1 is 1.21 bits per heavy atom. The minimum absolute atomic E-state index is 0.315. The molecule has 2 aromatic carbocycles. The summed E-state index contributed by atoms with van der Waals surface area (Å²) in [5.41, 5.74) is 1.68. The third-order valence-corrected chi connectivity index (χ3v) is 5.30. The van der Waals surface area contributed by atoms with E-state index in [2.05, 4.69) is 5.32 Å². The van der Waals surface area contributed by atoms with Crippen molar-refractivity contribution >= 4 is 27.3 Å². The van der Waals surface area contributed by atoms with Crippen LogP contribution < -0.4 is 19.1 Å². The van der Waals surface area contributed by atoms with Gasteiger partial charge in [-0.1, -0.05) is 12.1 Å². The second-order valence-corrected chi connectivity index (χ2v) is 8.22. The number of aryl methyl sites for hydroxylation is 1. The monoisotopic (exact) mass is 406 g/mol. The molecule has 0 fully saturated rings. The number of hydrogen-bond donors (Lipinski definition) is 1. The maximum atomic E-state index is 12.8. The lowest BCUT2D eigenvalue weighted by Crippen LogP contribution is -2.45. The number of sulfonamides is 1. The highest BCUT2D eigenvalue weighted by molar-refractivity contribution is 7.92. The van der Waals surface area contributed by atoms with Crippen LogP contribution in [0.15, 0.2) is 42.5 Å². The number of nitrogens with zero attached hydrogens (tertiary/aromatic N) is 1. The molecule has 0 aliphatic carbocycles. The lowest BCUT2D eigenvalue weighted by Gasteiger charge is -2.29. The van der Waals surface area contributed by atoms with Gasteiger partial charge in [0.1, 0.15) is 17.5 Å². The molecule has 28 heavy (non-hydrogen) atoms. The Hall–Kier alpha value is -2.74. The standard InChI is InChI=1S/C20H26N2O5S/c1-6-27-17-9-7-8-16(13-17)21-20(23)15(3)22(28(5,24)25)18-12-14(2)10-11-19(18)26-4/h7-13,15H,6H2,1-5H3,(H,21,23)/t15-/m0/s1. The number of carbonyl (C=O) groups is 1. The molecule has 152 valence electrons. The zero-order chi connectivity index (χ0) is 20.9. The summed E-state index contributed by atoms with van der Waals surface area (Å²) in [5, 5.41) is 2.75. The first-order valence-corrected chi connectivity index (χ1v) is 10.7. The number of hydrogen-bond acceptors (Lipinski definition) is 5. The van der Waals surface area contributed by atoms with Gasteiger partial charge >= 0.3 is 0 Å². The van der Waals surface area contributed by atoms with Crippen LogP contribution in [0.2, 0.25) is 0 Å². The summed E-state index contributed by atoms with van der Waals surface area (Å²) >= 11 is 0. The first-order valence-electron chi connectivity index (χ1n) is 8.85. The zero-order valence-electron chi connectivity index (χ0n) is 16.7. The molecule has 0 saturated carbocycles. The van der Waals surface area contributed by atoms with E-state index in [1.807, 2.05) is 19.9 Å². The van der Waals surface area contributed by atoms with Gasteiger partial charge in [-0.25, -0.2) is 8.42 Å². The van der Waals surface area contributed by atoms with Crippen molar-refractivity contribution in [3.63, 3.8) is 0 Å². The molecular weight excluding hydrogens is 380 g/mol. The second kappa shape index (κ2) is 8.97. The van der Waals surface area contributed by atoms with E-state index >= 15 is 0 Å². The Labute approximate surface area is 166 Å². The molecule has 0 bridgehead atoms. The molecule has 0 saturated heterocycles. The predicted octanol–water partition coefficient (Wildman–Crippen LogP) is 3.20. The molecule has 0 aliphatic heterocycles. The van der Waals surface area contributed by atoms with E-state index in [4.69, 9.17) is 9.47 Å². The predicted molar refractivity (Wildman–Crippen MR) is 111 cm³/mol. The summed E-state index contributed by atoms with van der Waals surface area (Å²) in [4.78, 5) is 12.8. The molecule has 2 aromatic rings. The van der Waals surface area contributed by atoms with E-state index in [0.29, 0.717) is 29.5 Å². The molecule has 7 nitrogen and oxygen atoms in total. The molecule has 1 amide bonds. The Balaban J connectivity index is 2.36. The van der Waals surface area contributed by atoms with Crippen LogP contribution in [0.5, 0.6) is 11.5 Å². The van der Waals surface area contributed by atoms with Crippen molar-refractivity contribution in [3.05, 3.63) is 48.0 Å². The summed E-state index contributed by atoms with van der Waals surface area (Å²) in [6.45, 7) is 5.74. The molecular formula is C20H26N2O5S. The highest BCUT2D eigenvalue weighted by atomic mass is 32.2. The van der Waals surface area contributed by atoms with Crippen molar-refractivity contribution in [2.75, 3.05) is 29.6 Å². The fourth-order valence-electron chi connectivity index (χ4n) is 2.83. The fourth-order valence-corrected chi connectivity index (χ4v) is 4.00. The first kappa shape index (κ1) is 21.6. The molecule has 1 atom stereocenters. The second-order valence-electron chi connectivity index (χ2n) is 6.36. The summed E-state index contributed by atoms with van der Waals surface area (Å²) in [6, 6.07) is 11.1. The number of anilines is 2. The van der Waals surface area contributed by atoms with E-state index < -0.39 is 22.0 Å². The Morgan fingerprint density at radius 2 is 1.93 bits per heavy atom. The van der Waals surface area contributed by atoms with Crippen LogP contribution in [0.4, 0.5) is 11.4 Å². The Bertz CT molecular complexity index is 943. The van der Waals surface area contributed by atoms with Gasteiger partial charge in [0.2, 0.25) is 15.9 Å². The van der Waals surface area contributed by atoms with Gasteiger partial charge in [0.25, 0.3) is 0 Å². The number of ether oxygens (including phenoxy) is 2. The highest BCUT2D eigenvalue weighted by Gasteiger charge is 2.31. The minimum atomic E-state index is -3.75. The minimum Gasteiger partial charge on any atom is -0.495 e. The average Bonchev–Trinajstić information content (AvgIpc) is 2.61. The molecule has 1 N–H and O–H groups in total. The van der Waals surface area contributed by atoms with Crippen LogP contribution in [-0.2, 0) is 14.8 Å². The third kappa shape index (κ3) is 5.16. The van der Waals surface area contributed by atoms with E-state index in [-0.39, 0.29) is 0 Å². The van der Waals surface area contributed by atoms with Gasteiger partial charge < -0.3 is 14.8 Å². The topological polar surface area (TPSA) is 84.9 Å². The molecule has 2 rings (SSSR count). The largest absolute Gasteiger partial charge is 0.495 e. The number of benzene rings is 2. The molecule has 0 aliphatic rings. The summed E-state index contributed by atoms with van der Waals surface area (Å²) in [7, 11) is -2.30. The zero-order valence-corrected chi connectivity index (χ0v) is 17.5. The van der Waals surface area contributed by atoms with Crippen molar-refractivity contribution in [1.82, 2.24) is 0 Å². The molecule has 0 spiro atoms. The van der Waals surface area contributed by atoms with Crippen molar-refractivity contribution in [3.8, 4) is 11.5 Å². The van der Waals surface area contributed by atoms with Gasteiger partial charge in [0, 0.05) is 11.8 Å². The summed E-state index contributed by atoms with van der Waals surface area (Å²) in [5.74, 6) is 0.518. The molecule has 0 unspecified atom stereocenters. The van der Waals surface area contributed by atoms with E-state index in [9.17, 15) is 13.2 Å². The van der Waals surface area contributed by atoms with Crippen molar-refractivity contribution < 1.29 is 22.7 Å². The maximum absolute atomic E-state index is 12.8. The van der Waals surface area contributed by atoms with Gasteiger partial charge in [-0.2, -0.15) is 0 Å². The average molecular weight is 407 g/mol. The summed E-state index contributed by atoms with van der Waals surface area (Å²) in [6.07, 6.45) is 1.06. The van der Waals surface area contributed by atoms with Crippen LogP contribution >= 0.6 is 0 Å². The number of rotatable bonds is 8. The van der Waals surface area contributed by atoms with Crippen LogP contribution in [0, 0.1) is 6.92 Å². The lowest BCUT2D eigenvalue weighted by molar-refractivity contribution is -0.116. The van der Waals surface area contributed by atoms with Gasteiger partial charge in [-0.3, -0.25) is 9.10 Å². The molecule has 0 aromatic heterocycles. The van der Waals surface area contributed by atoms with Gasteiger partial charge in [-0.05, 0) is 50.6 Å². The van der Waals surface area contributed by atoms with Crippen LogP contribution in [0.3, 0.4) is 0 Å². The fraction of sp³-hybridized carbons (Fsp3) is 0.350. The van der Waals surface area contributed by atoms with Crippen LogP contribution in [0.25, 0.3) is 0 Å². The number of carbonyl (C=O) groups excluding carboxylic acids is 1. The summed E-state index contributed by atoms with van der Waals surface area (Å²) < 4.78 is 36.9. The van der Waals surface area contributed by atoms with E-state index in [1.165, 1.54) is 14.0 Å².